The Hall–Kier alpha value is 0.1000. The Bertz CT molecular complexity index is 326. The average Bonchev–Trinajstić information content (AvgIpc) is 2.84. The third-order valence-electron chi connectivity index (χ3n) is 3.19. The second-order valence-corrected chi connectivity index (χ2v) is 5.97. The number of hydrogen-bond donors (Lipinski definition) is 1. The summed E-state index contributed by atoms with van der Waals surface area (Å²) in [5.74, 6) is 0. The van der Waals surface area contributed by atoms with E-state index in [-0.39, 0.29) is 0 Å². The van der Waals surface area contributed by atoms with Crippen LogP contribution >= 0.6 is 27.3 Å². The van der Waals surface area contributed by atoms with Crippen molar-refractivity contribution in [2.24, 2.45) is 5.73 Å². The van der Waals surface area contributed by atoms with Crippen LogP contribution in [0.1, 0.15) is 30.7 Å². The lowest BCUT2D eigenvalue weighted by atomic mass is 10.2. The fourth-order valence-electron chi connectivity index (χ4n) is 2.33. The monoisotopic (exact) mass is 288 g/mol. The van der Waals surface area contributed by atoms with Crippen LogP contribution in [-0.2, 0) is 0 Å². The molecular weight excluding hydrogens is 272 g/mol. The van der Waals surface area contributed by atoms with E-state index in [0.29, 0.717) is 12.1 Å². The maximum absolute atomic E-state index is 5.80. The summed E-state index contributed by atoms with van der Waals surface area (Å²) < 4.78 is 1.19. The Morgan fingerprint density at radius 1 is 1.73 bits per heavy atom. The lowest BCUT2D eigenvalue weighted by Crippen LogP contribution is -2.36. The highest BCUT2D eigenvalue weighted by molar-refractivity contribution is 9.10. The number of rotatable bonds is 3. The first kappa shape index (κ1) is 11.6. The van der Waals surface area contributed by atoms with Crippen LogP contribution < -0.4 is 5.73 Å². The van der Waals surface area contributed by atoms with Gasteiger partial charge in [0.1, 0.15) is 0 Å². The number of nitrogens with two attached hydrogens (primary N) is 1. The summed E-state index contributed by atoms with van der Waals surface area (Å²) in [6.07, 6.45) is 2.55. The van der Waals surface area contributed by atoms with Gasteiger partial charge in [-0.1, -0.05) is 0 Å². The van der Waals surface area contributed by atoms with Crippen LogP contribution in [0.2, 0.25) is 0 Å². The Labute approximate surface area is 104 Å². The van der Waals surface area contributed by atoms with Crippen molar-refractivity contribution in [2.45, 2.75) is 31.8 Å². The van der Waals surface area contributed by atoms with Crippen molar-refractivity contribution >= 4 is 27.3 Å². The molecule has 1 aromatic rings. The van der Waals surface area contributed by atoms with Gasteiger partial charge in [-0.25, -0.2) is 0 Å². The standard InChI is InChI=1S/C11H17BrN2S/c1-8(11-5-9(12)7-15-11)14-4-2-3-10(14)6-13/h5,7-8,10H,2-4,6,13H2,1H3. The van der Waals surface area contributed by atoms with Crippen LogP contribution in [0.15, 0.2) is 15.9 Å². The van der Waals surface area contributed by atoms with Crippen LogP contribution in [0.5, 0.6) is 0 Å². The Balaban J connectivity index is 2.10. The molecule has 1 fully saturated rings. The lowest BCUT2D eigenvalue weighted by Gasteiger charge is -2.29. The van der Waals surface area contributed by atoms with E-state index in [1.807, 2.05) is 11.3 Å². The molecule has 0 spiro atoms. The van der Waals surface area contributed by atoms with Crippen molar-refractivity contribution in [3.05, 3.63) is 20.8 Å². The summed E-state index contributed by atoms with van der Waals surface area (Å²) in [4.78, 5) is 3.97. The topological polar surface area (TPSA) is 29.3 Å². The Kier molecular flexibility index (Phi) is 3.83. The van der Waals surface area contributed by atoms with Gasteiger partial charge in [-0.2, -0.15) is 0 Å². The summed E-state index contributed by atoms with van der Waals surface area (Å²) in [6, 6.07) is 3.32. The third-order valence-corrected chi connectivity index (χ3v) is 5.06. The predicted octanol–water partition coefficient (Wildman–Crippen LogP) is 2.99. The van der Waals surface area contributed by atoms with E-state index >= 15 is 0 Å². The summed E-state index contributed by atoms with van der Waals surface area (Å²) in [5, 5.41) is 2.15. The molecule has 2 heterocycles. The number of thiophene rings is 1. The molecule has 1 saturated heterocycles. The second-order valence-electron chi connectivity index (χ2n) is 4.11. The van der Waals surface area contributed by atoms with Gasteiger partial charge in [0.2, 0.25) is 0 Å². The summed E-state index contributed by atoms with van der Waals surface area (Å²) in [5.41, 5.74) is 5.80. The van der Waals surface area contributed by atoms with Crippen LogP contribution in [0.25, 0.3) is 0 Å². The molecule has 2 rings (SSSR count). The van der Waals surface area contributed by atoms with E-state index in [1.54, 1.807) is 0 Å². The van der Waals surface area contributed by atoms with E-state index in [9.17, 15) is 0 Å². The largest absolute Gasteiger partial charge is 0.329 e. The van der Waals surface area contributed by atoms with Gasteiger partial charge < -0.3 is 5.73 Å². The molecule has 0 saturated carbocycles. The van der Waals surface area contributed by atoms with E-state index < -0.39 is 0 Å². The molecular formula is C11H17BrN2S. The molecule has 4 heteroatoms. The van der Waals surface area contributed by atoms with Gasteiger partial charge in [0.05, 0.1) is 0 Å². The van der Waals surface area contributed by atoms with Crippen molar-refractivity contribution < 1.29 is 0 Å². The molecule has 0 bridgehead atoms. The Morgan fingerprint density at radius 2 is 2.53 bits per heavy atom. The van der Waals surface area contributed by atoms with Crippen molar-refractivity contribution in [3.8, 4) is 0 Å². The normalized spacial score (nSPS) is 24.6. The third kappa shape index (κ3) is 2.44. The van der Waals surface area contributed by atoms with Gasteiger partial charge in [-0.05, 0) is 48.3 Å². The zero-order chi connectivity index (χ0) is 10.8. The second kappa shape index (κ2) is 4.95. The van der Waals surface area contributed by atoms with Crippen molar-refractivity contribution in [1.82, 2.24) is 4.90 Å². The minimum atomic E-state index is 0.511. The first-order chi connectivity index (χ1) is 7.22. The smallest absolute Gasteiger partial charge is 0.0417 e. The van der Waals surface area contributed by atoms with E-state index in [2.05, 4.69) is 39.2 Å². The molecule has 1 aliphatic rings. The fourth-order valence-corrected chi connectivity index (χ4v) is 3.85. The zero-order valence-electron chi connectivity index (χ0n) is 8.95. The fraction of sp³-hybridized carbons (Fsp3) is 0.636. The quantitative estimate of drug-likeness (QED) is 0.927. The maximum Gasteiger partial charge on any atom is 0.0417 e. The first-order valence-corrected chi connectivity index (χ1v) is 7.09. The molecule has 2 atom stereocenters. The van der Waals surface area contributed by atoms with Gasteiger partial charge in [0.15, 0.2) is 0 Å². The van der Waals surface area contributed by atoms with Gasteiger partial charge in [0, 0.05) is 33.4 Å². The van der Waals surface area contributed by atoms with E-state index in [1.165, 1.54) is 28.7 Å². The minimum absolute atomic E-state index is 0.511. The number of likely N-dealkylation sites (tertiary alicyclic amines) is 1. The number of hydrogen-bond acceptors (Lipinski definition) is 3. The SMILES string of the molecule is CC(c1cc(Br)cs1)N1CCCC1CN. The summed E-state index contributed by atoms with van der Waals surface area (Å²) in [7, 11) is 0. The molecule has 0 aromatic carbocycles. The number of halogens is 1. The summed E-state index contributed by atoms with van der Waals surface area (Å²) >= 11 is 5.34. The van der Waals surface area contributed by atoms with Gasteiger partial charge >= 0.3 is 0 Å². The molecule has 0 aliphatic carbocycles. The Morgan fingerprint density at radius 3 is 3.13 bits per heavy atom. The molecule has 15 heavy (non-hydrogen) atoms. The molecule has 2 nitrogen and oxygen atoms in total. The van der Waals surface area contributed by atoms with Crippen LogP contribution in [-0.4, -0.2) is 24.0 Å². The highest BCUT2D eigenvalue weighted by Gasteiger charge is 2.28. The van der Waals surface area contributed by atoms with Crippen molar-refractivity contribution in [3.63, 3.8) is 0 Å². The maximum atomic E-state index is 5.80. The molecule has 0 amide bonds. The highest BCUT2D eigenvalue weighted by atomic mass is 79.9. The van der Waals surface area contributed by atoms with Gasteiger partial charge in [-0.15, -0.1) is 11.3 Å². The van der Waals surface area contributed by atoms with Crippen molar-refractivity contribution in [1.29, 1.82) is 0 Å². The molecule has 0 radical (unpaired) electrons. The highest BCUT2D eigenvalue weighted by Crippen LogP contribution is 2.33. The van der Waals surface area contributed by atoms with E-state index in [0.717, 1.165) is 6.54 Å². The van der Waals surface area contributed by atoms with E-state index in [4.69, 9.17) is 5.73 Å². The summed E-state index contributed by atoms with van der Waals surface area (Å²) in [6.45, 7) is 4.27. The molecule has 84 valence electrons. The van der Waals surface area contributed by atoms with Crippen LogP contribution in [0.3, 0.4) is 0 Å². The predicted molar refractivity (Wildman–Crippen MR) is 69.2 cm³/mol. The zero-order valence-corrected chi connectivity index (χ0v) is 11.4. The molecule has 1 aromatic heterocycles. The van der Waals surface area contributed by atoms with Crippen molar-refractivity contribution in [2.75, 3.05) is 13.1 Å². The first-order valence-electron chi connectivity index (χ1n) is 5.42. The average molecular weight is 289 g/mol. The molecule has 2 N–H and O–H groups in total. The molecule has 1 aliphatic heterocycles. The van der Waals surface area contributed by atoms with Gasteiger partial charge in [0.25, 0.3) is 0 Å². The van der Waals surface area contributed by atoms with Gasteiger partial charge in [-0.3, -0.25) is 4.90 Å². The molecule has 2 unspecified atom stereocenters. The van der Waals surface area contributed by atoms with Crippen LogP contribution in [0, 0.1) is 0 Å². The lowest BCUT2D eigenvalue weighted by molar-refractivity contribution is 0.199. The number of nitrogens with zero attached hydrogens (tertiary/aromatic N) is 1. The minimum Gasteiger partial charge on any atom is -0.329 e. The van der Waals surface area contributed by atoms with Crippen LogP contribution in [0.4, 0.5) is 0 Å².